The highest BCUT2D eigenvalue weighted by Crippen LogP contribution is 2.27. The van der Waals surface area contributed by atoms with Gasteiger partial charge in [0.05, 0.1) is 4.92 Å². The number of benzene rings is 2. The van der Waals surface area contributed by atoms with E-state index < -0.39 is 4.92 Å². The molecule has 2 aromatic rings. The van der Waals surface area contributed by atoms with E-state index in [0.717, 1.165) is 11.3 Å². The van der Waals surface area contributed by atoms with E-state index in [1.807, 2.05) is 37.3 Å². The minimum Gasteiger partial charge on any atom is -0.477 e. The van der Waals surface area contributed by atoms with Gasteiger partial charge in [0, 0.05) is 18.3 Å². The number of nitro benzene ring substituents is 1. The summed E-state index contributed by atoms with van der Waals surface area (Å²) in [5, 5.41) is 11.1. The molecule has 0 spiro atoms. The Kier molecular flexibility index (Phi) is 5.30. The second kappa shape index (κ2) is 7.40. The lowest BCUT2D eigenvalue weighted by atomic mass is 10.2. The number of ether oxygens (including phenoxy) is 1. The summed E-state index contributed by atoms with van der Waals surface area (Å²) in [5.41, 5.74) is 1.39. The van der Waals surface area contributed by atoms with Crippen LogP contribution in [0.25, 0.3) is 0 Å². The second-order valence-electron chi connectivity index (χ2n) is 4.99. The summed E-state index contributed by atoms with van der Waals surface area (Å²) in [5.74, 6) is -0.161. The van der Waals surface area contributed by atoms with Gasteiger partial charge in [0.1, 0.15) is 0 Å². The van der Waals surface area contributed by atoms with Crippen molar-refractivity contribution < 1.29 is 14.5 Å². The van der Waals surface area contributed by atoms with Crippen molar-refractivity contribution in [3.8, 4) is 5.75 Å². The number of nitro groups is 1. The Morgan fingerprint density at radius 1 is 1.22 bits per heavy atom. The van der Waals surface area contributed by atoms with E-state index in [1.54, 1.807) is 17.9 Å². The Labute approximate surface area is 134 Å². The van der Waals surface area contributed by atoms with Crippen LogP contribution in [0.5, 0.6) is 5.75 Å². The van der Waals surface area contributed by atoms with Gasteiger partial charge in [0.2, 0.25) is 0 Å². The first-order chi connectivity index (χ1) is 11.0. The van der Waals surface area contributed by atoms with Crippen LogP contribution in [0.3, 0.4) is 0 Å². The van der Waals surface area contributed by atoms with Gasteiger partial charge in [-0.1, -0.05) is 24.3 Å². The van der Waals surface area contributed by atoms with Crippen molar-refractivity contribution in [3.63, 3.8) is 0 Å². The van der Waals surface area contributed by atoms with Crippen LogP contribution < -0.4 is 9.64 Å². The van der Waals surface area contributed by atoms with Gasteiger partial charge in [-0.2, -0.15) is 0 Å². The van der Waals surface area contributed by atoms with Gasteiger partial charge in [0.25, 0.3) is 5.91 Å². The van der Waals surface area contributed by atoms with E-state index in [0.29, 0.717) is 6.54 Å². The summed E-state index contributed by atoms with van der Waals surface area (Å²) < 4.78 is 5.39. The number of hydrogen-bond acceptors (Lipinski definition) is 4. The van der Waals surface area contributed by atoms with Gasteiger partial charge in [-0.25, -0.2) is 0 Å². The Hall–Kier alpha value is -2.89. The molecule has 120 valence electrons. The van der Waals surface area contributed by atoms with Gasteiger partial charge in [-0.15, -0.1) is 0 Å². The standard InChI is InChI=1S/C17H18N2O4/c1-3-18(14-7-5-4-6-8-14)17(20)12-23-16-10-9-13(2)11-15(16)19(21)22/h4-11H,3,12H2,1-2H3. The molecule has 0 saturated carbocycles. The van der Waals surface area contributed by atoms with E-state index in [-0.39, 0.29) is 24.0 Å². The molecule has 0 fully saturated rings. The number of nitrogens with zero attached hydrogens (tertiary/aromatic N) is 2. The van der Waals surface area contributed by atoms with Crippen LogP contribution in [0.1, 0.15) is 12.5 Å². The molecule has 0 bridgehead atoms. The highest BCUT2D eigenvalue weighted by atomic mass is 16.6. The van der Waals surface area contributed by atoms with Crippen LogP contribution in [-0.2, 0) is 4.79 Å². The molecule has 6 nitrogen and oxygen atoms in total. The molecule has 0 radical (unpaired) electrons. The zero-order valence-corrected chi connectivity index (χ0v) is 13.1. The molecule has 2 aromatic carbocycles. The normalized spacial score (nSPS) is 10.2. The first-order valence-electron chi connectivity index (χ1n) is 7.26. The number of anilines is 1. The fourth-order valence-electron chi connectivity index (χ4n) is 2.22. The van der Waals surface area contributed by atoms with Gasteiger partial charge < -0.3 is 9.64 Å². The molecular formula is C17H18N2O4. The molecule has 0 saturated heterocycles. The van der Waals surface area contributed by atoms with Crippen molar-refractivity contribution in [2.75, 3.05) is 18.1 Å². The van der Waals surface area contributed by atoms with Gasteiger partial charge >= 0.3 is 5.69 Å². The fraction of sp³-hybridized carbons (Fsp3) is 0.235. The molecule has 6 heteroatoms. The number of likely N-dealkylation sites (N-methyl/N-ethyl adjacent to an activating group) is 1. The van der Waals surface area contributed by atoms with Gasteiger partial charge in [-0.05, 0) is 37.6 Å². The predicted molar refractivity (Wildman–Crippen MR) is 87.8 cm³/mol. The van der Waals surface area contributed by atoms with Crippen molar-refractivity contribution in [1.29, 1.82) is 0 Å². The maximum atomic E-state index is 12.3. The zero-order valence-electron chi connectivity index (χ0n) is 13.1. The number of hydrogen-bond donors (Lipinski definition) is 0. The van der Waals surface area contributed by atoms with E-state index in [9.17, 15) is 14.9 Å². The van der Waals surface area contributed by atoms with E-state index in [4.69, 9.17) is 4.74 Å². The summed E-state index contributed by atoms with van der Waals surface area (Å²) in [7, 11) is 0. The maximum absolute atomic E-state index is 12.3. The fourth-order valence-corrected chi connectivity index (χ4v) is 2.22. The Bertz CT molecular complexity index is 701. The minimum absolute atomic E-state index is 0.0954. The van der Waals surface area contributed by atoms with Crippen LogP contribution in [-0.4, -0.2) is 24.0 Å². The summed E-state index contributed by atoms with van der Waals surface area (Å²) >= 11 is 0. The SMILES string of the molecule is CCN(C(=O)COc1ccc(C)cc1[N+](=O)[O-])c1ccccc1. The van der Waals surface area contributed by atoms with Crippen LogP contribution in [0.15, 0.2) is 48.5 Å². The monoisotopic (exact) mass is 314 g/mol. The lowest BCUT2D eigenvalue weighted by molar-refractivity contribution is -0.385. The van der Waals surface area contributed by atoms with Crippen molar-refractivity contribution >= 4 is 17.3 Å². The molecule has 23 heavy (non-hydrogen) atoms. The van der Waals surface area contributed by atoms with Crippen LogP contribution in [0, 0.1) is 17.0 Å². The average Bonchev–Trinajstić information content (AvgIpc) is 2.55. The van der Waals surface area contributed by atoms with Crippen LogP contribution in [0.2, 0.25) is 0 Å². The Balaban J connectivity index is 2.11. The predicted octanol–water partition coefficient (Wildman–Crippen LogP) is 3.34. The molecule has 0 aliphatic rings. The number of rotatable bonds is 6. The van der Waals surface area contributed by atoms with Crippen molar-refractivity contribution in [2.45, 2.75) is 13.8 Å². The van der Waals surface area contributed by atoms with Crippen LogP contribution >= 0.6 is 0 Å². The summed E-state index contributed by atoms with van der Waals surface area (Å²) in [6, 6.07) is 13.9. The second-order valence-corrected chi connectivity index (χ2v) is 4.99. The number of aryl methyl sites for hydroxylation is 1. The Morgan fingerprint density at radius 3 is 2.52 bits per heavy atom. The molecule has 0 atom stereocenters. The molecule has 0 aliphatic heterocycles. The first kappa shape index (κ1) is 16.5. The third kappa shape index (κ3) is 4.06. The van der Waals surface area contributed by atoms with Gasteiger partial charge in [-0.3, -0.25) is 14.9 Å². The van der Waals surface area contributed by atoms with E-state index in [1.165, 1.54) is 12.1 Å². The number of amides is 1. The molecule has 0 aliphatic carbocycles. The Morgan fingerprint density at radius 2 is 1.91 bits per heavy atom. The molecule has 2 rings (SSSR count). The first-order valence-corrected chi connectivity index (χ1v) is 7.26. The maximum Gasteiger partial charge on any atom is 0.311 e. The quantitative estimate of drug-likeness (QED) is 0.605. The summed E-state index contributed by atoms with van der Waals surface area (Å²) in [6.07, 6.45) is 0. The molecule has 0 unspecified atom stereocenters. The lowest BCUT2D eigenvalue weighted by Crippen LogP contribution is -2.34. The molecule has 0 heterocycles. The zero-order chi connectivity index (χ0) is 16.8. The van der Waals surface area contributed by atoms with Gasteiger partial charge in [0.15, 0.2) is 12.4 Å². The van der Waals surface area contributed by atoms with E-state index >= 15 is 0 Å². The third-order valence-electron chi connectivity index (χ3n) is 3.35. The van der Waals surface area contributed by atoms with Crippen LogP contribution in [0.4, 0.5) is 11.4 Å². The summed E-state index contributed by atoms with van der Waals surface area (Å²) in [4.78, 5) is 24.4. The number of carbonyl (C=O) groups is 1. The minimum atomic E-state index is -0.512. The summed E-state index contributed by atoms with van der Waals surface area (Å²) in [6.45, 7) is 3.85. The van der Waals surface area contributed by atoms with Crippen molar-refractivity contribution in [1.82, 2.24) is 0 Å². The molecule has 1 amide bonds. The largest absolute Gasteiger partial charge is 0.477 e. The highest BCUT2D eigenvalue weighted by Gasteiger charge is 2.19. The van der Waals surface area contributed by atoms with Crippen molar-refractivity contribution in [3.05, 3.63) is 64.2 Å². The average molecular weight is 314 g/mol. The molecule has 0 aromatic heterocycles. The third-order valence-corrected chi connectivity index (χ3v) is 3.35. The smallest absolute Gasteiger partial charge is 0.311 e. The highest BCUT2D eigenvalue weighted by molar-refractivity contribution is 5.94. The van der Waals surface area contributed by atoms with E-state index in [2.05, 4.69) is 0 Å². The number of para-hydroxylation sites is 1. The molecule has 0 N–H and O–H groups in total. The topological polar surface area (TPSA) is 72.7 Å². The lowest BCUT2D eigenvalue weighted by Gasteiger charge is -2.21. The van der Waals surface area contributed by atoms with Crippen molar-refractivity contribution in [2.24, 2.45) is 0 Å². The molecular weight excluding hydrogens is 296 g/mol. The number of carbonyl (C=O) groups excluding carboxylic acids is 1.